The van der Waals surface area contributed by atoms with Gasteiger partial charge in [0.2, 0.25) is 11.8 Å². The lowest BCUT2D eigenvalue weighted by Gasteiger charge is -2.37. The Morgan fingerprint density at radius 3 is 2.73 bits per heavy atom. The average molecular weight is 361 g/mol. The summed E-state index contributed by atoms with van der Waals surface area (Å²) in [6, 6.07) is 0.545. The molecule has 142 valence electrons. The molecule has 1 aromatic heterocycles. The number of aromatic nitrogens is 2. The van der Waals surface area contributed by atoms with Crippen LogP contribution in [0.2, 0.25) is 0 Å². The highest BCUT2D eigenvalue weighted by molar-refractivity contribution is 5.78. The van der Waals surface area contributed by atoms with Gasteiger partial charge in [-0.05, 0) is 12.8 Å². The molecule has 2 amide bonds. The molecule has 3 aliphatic heterocycles. The van der Waals surface area contributed by atoms with Crippen molar-refractivity contribution in [1.29, 1.82) is 0 Å². The van der Waals surface area contributed by atoms with Crippen LogP contribution >= 0.6 is 0 Å². The molecular weight excluding hydrogens is 334 g/mol. The van der Waals surface area contributed by atoms with Gasteiger partial charge in [0.15, 0.2) is 0 Å². The summed E-state index contributed by atoms with van der Waals surface area (Å²) in [4.78, 5) is 34.7. The molecule has 0 aliphatic carbocycles. The van der Waals surface area contributed by atoms with Crippen molar-refractivity contribution in [2.24, 2.45) is 7.05 Å². The summed E-state index contributed by atoms with van der Waals surface area (Å²) in [6.45, 7) is 5.67. The van der Waals surface area contributed by atoms with Crippen LogP contribution in [0.25, 0.3) is 0 Å². The summed E-state index contributed by atoms with van der Waals surface area (Å²) < 4.78 is 7.81. The molecule has 3 saturated heterocycles. The molecule has 3 fully saturated rings. The SMILES string of the molecule is CC(=O)N1CCC(N2CC3OCC(=O)N(Cc4nccn4C)C3C2)CC1. The van der Waals surface area contributed by atoms with Crippen molar-refractivity contribution in [2.75, 3.05) is 32.8 Å². The van der Waals surface area contributed by atoms with Crippen LogP contribution in [0.4, 0.5) is 0 Å². The first kappa shape index (κ1) is 17.5. The summed E-state index contributed by atoms with van der Waals surface area (Å²) in [5, 5.41) is 0. The maximum Gasteiger partial charge on any atom is 0.249 e. The number of carbonyl (C=O) groups excluding carboxylic acids is 2. The summed E-state index contributed by atoms with van der Waals surface area (Å²) in [7, 11) is 1.95. The lowest BCUT2D eigenvalue weighted by molar-refractivity contribution is -0.154. The third-order valence-electron chi connectivity index (χ3n) is 6.07. The second-order valence-electron chi connectivity index (χ2n) is 7.58. The van der Waals surface area contributed by atoms with Crippen molar-refractivity contribution >= 4 is 11.8 Å². The highest BCUT2D eigenvalue weighted by Crippen LogP contribution is 2.29. The van der Waals surface area contributed by atoms with Crippen molar-refractivity contribution in [2.45, 2.75) is 44.5 Å². The first-order valence-electron chi connectivity index (χ1n) is 9.39. The van der Waals surface area contributed by atoms with Crippen molar-refractivity contribution in [1.82, 2.24) is 24.3 Å². The summed E-state index contributed by atoms with van der Waals surface area (Å²) in [5.41, 5.74) is 0. The minimum Gasteiger partial charge on any atom is -0.365 e. The van der Waals surface area contributed by atoms with Crippen molar-refractivity contribution in [3.8, 4) is 0 Å². The van der Waals surface area contributed by atoms with E-state index in [4.69, 9.17) is 4.74 Å². The molecule has 0 N–H and O–H groups in total. The van der Waals surface area contributed by atoms with Crippen molar-refractivity contribution in [3.05, 3.63) is 18.2 Å². The predicted octanol–water partition coefficient (Wildman–Crippen LogP) is -0.157. The smallest absolute Gasteiger partial charge is 0.249 e. The molecule has 2 atom stereocenters. The van der Waals surface area contributed by atoms with Crippen LogP contribution in [-0.2, 0) is 27.9 Å². The number of imidazole rings is 1. The fourth-order valence-electron chi connectivity index (χ4n) is 4.45. The molecular formula is C18H27N5O3. The van der Waals surface area contributed by atoms with E-state index in [1.807, 2.05) is 27.6 Å². The second-order valence-corrected chi connectivity index (χ2v) is 7.58. The van der Waals surface area contributed by atoms with E-state index >= 15 is 0 Å². The highest BCUT2D eigenvalue weighted by Gasteiger charge is 2.45. The van der Waals surface area contributed by atoms with E-state index in [0.29, 0.717) is 12.6 Å². The van der Waals surface area contributed by atoms with Gasteiger partial charge in [0, 0.05) is 58.6 Å². The monoisotopic (exact) mass is 361 g/mol. The van der Waals surface area contributed by atoms with E-state index < -0.39 is 0 Å². The van der Waals surface area contributed by atoms with Crippen molar-refractivity contribution in [3.63, 3.8) is 0 Å². The third kappa shape index (κ3) is 3.23. The molecule has 2 unspecified atom stereocenters. The number of piperidine rings is 1. The van der Waals surface area contributed by atoms with E-state index in [-0.39, 0.29) is 30.6 Å². The number of hydrogen-bond acceptors (Lipinski definition) is 5. The van der Waals surface area contributed by atoms with Gasteiger partial charge in [-0.2, -0.15) is 0 Å². The molecule has 1 aromatic rings. The number of morpholine rings is 1. The number of likely N-dealkylation sites (tertiary alicyclic amines) is 2. The van der Waals surface area contributed by atoms with Crippen molar-refractivity contribution < 1.29 is 14.3 Å². The Morgan fingerprint density at radius 2 is 2.08 bits per heavy atom. The Balaban J connectivity index is 1.42. The van der Waals surface area contributed by atoms with Crippen LogP contribution in [0, 0.1) is 0 Å². The molecule has 26 heavy (non-hydrogen) atoms. The standard InChI is InChI=1S/C18H27N5O3/c1-13(24)21-6-3-14(4-7-21)22-9-15-16(10-22)26-12-18(25)23(15)11-17-19-5-8-20(17)2/h5,8,14-16H,3-4,6-7,9-12H2,1-2H3. The fourth-order valence-corrected chi connectivity index (χ4v) is 4.45. The number of amides is 2. The van der Waals surface area contributed by atoms with Gasteiger partial charge in [0.25, 0.3) is 0 Å². The van der Waals surface area contributed by atoms with Gasteiger partial charge in [-0.3, -0.25) is 14.5 Å². The largest absolute Gasteiger partial charge is 0.365 e. The molecule has 4 rings (SSSR count). The third-order valence-corrected chi connectivity index (χ3v) is 6.07. The molecule has 4 heterocycles. The normalized spacial score (nSPS) is 27.8. The van der Waals surface area contributed by atoms with Crippen LogP contribution in [0.15, 0.2) is 12.4 Å². The van der Waals surface area contributed by atoms with E-state index in [0.717, 1.165) is 44.8 Å². The molecule has 3 aliphatic rings. The Hall–Kier alpha value is -1.93. The number of rotatable bonds is 3. The molecule has 0 saturated carbocycles. The maximum atomic E-state index is 12.5. The number of aryl methyl sites for hydroxylation is 1. The molecule has 8 heteroatoms. The Kier molecular flexibility index (Phi) is 4.71. The molecule has 0 radical (unpaired) electrons. The summed E-state index contributed by atoms with van der Waals surface area (Å²) in [5.74, 6) is 1.10. The van der Waals surface area contributed by atoms with Gasteiger partial charge >= 0.3 is 0 Å². The zero-order chi connectivity index (χ0) is 18.3. The number of hydrogen-bond donors (Lipinski definition) is 0. The summed E-state index contributed by atoms with van der Waals surface area (Å²) in [6.07, 6.45) is 5.72. The van der Waals surface area contributed by atoms with Gasteiger partial charge in [-0.1, -0.05) is 0 Å². The minimum absolute atomic E-state index is 0.0440. The van der Waals surface area contributed by atoms with E-state index in [9.17, 15) is 9.59 Å². The Bertz CT molecular complexity index is 682. The van der Waals surface area contributed by atoms with Gasteiger partial charge in [0.05, 0.1) is 18.7 Å². The first-order valence-corrected chi connectivity index (χ1v) is 9.39. The fraction of sp³-hybridized carbons (Fsp3) is 0.722. The van der Waals surface area contributed by atoms with E-state index in [1.54, 1.807) is 13.1 Å². The van der Waals surface area contributed by atoms with Gasteiger partial charge in [-0.25, -0.2) is 4.98 Å². The number of carbonyl (C=O) groups is 2. The van der Waals surface area contributed by atoms with Gasteiger partial charge in [0.1, 0.15) is 12.4 Å². The van der Waals surface area contributed by atoms with Crippen LogP contribution in [0.5, 0.6) is 0 Å². The lowest BCUT2D eigenvalue weighted by atomic mass is 10.0. The number of ether oxygens (including phenoxy) is 1. The van der Waals surface area contributed by atoms with E-state index in [2.05, 4.69) is 9.88 Å². The van der Waals surface area contributed by atoms with Crippen LogP contribution in [0.3, 0.4) is 0 Å². The number of nitrogens with zero attached hydrogens (tertiary/aromatic N) is 5. The Morgan fingerprint density at radius 1 is 1.31 bits per heavy atom. The Labute approximate surface area is 153 Å². The zero-order valence-corrected chi connectivity index (χ0v) is 15.5. The summed E-state index contributed by atoms with van der Waals surface area (Å²) >= 11 is 0. The maximum absolute atomic E-state index is 12.5. The first-order chi connectivity index (χ1) is 12.5. The predicted molar refractivity (Wildman–Crippen MR) is 94.1 cm³/mol. The second kappa shape index (κ2) is 7.00. The van der Waals surface area contributed by atoms with E-state index in [1.165, 1.54) is 0 Å². The molecule has 0 spiro atoms. The minimum atomic E-state index is 0.0440. The number of fused-ring (bicyclic) bond motifs is 1. The van der Waals surface area contributed by atoms with Crippen LogP contribution in [0.1, 0.15) is 25.6 Å². The van der Waals surface area contributed by atoms with Crippen LogP contribution in [-0.4, -0.2) is 87.0 Å². The zero-order valence-electron chi connectivity index (χ0n) is 15.5. The lowest BCUT2D eigenvalue weighted by Crippen LogP contribution is -2.53. The molecule has 0 bridgehead atoms. The van der Waals surface area contributed by atoms with Gasteiger partial charge in [-0.15, -0.1) is 0 Å². The topological polar surface area (TPSA) is 70.9 Å². The molecule has 0 aromatic carbocycles. The average Bonchev–Trinajstić information content (AvgIpc) is 3.24. The quantitative estimate of drug-likeness (QED) is 0.748. The highest BCUT2D eigenvalue weighted by atomic mass is 16.5. The van der Waals surface area contributed by atoms with Crippen LogP contribution < -0.4 is 0 Å². The van der Waals surface area contributed by atoms with Gasteiger partial charge < -0.3 is 19.1 Å². The molecule has 8 nitrogen and oxygen atoms in total.